The van der Waals surface area contributed by atoms with Crippen LogP contribution in [0.3, 0.4) is 0 Å². The second-order valence-corrected chi connectivity index (χ2v) is 5.15. The average Bonchev–Trinajstić information content (AvgIpc) is 2.79. The Hall–Kier alpha value is -1.97. The summed E-state index contributed by atoms with van der Waals surface area (Å²) in [6, 6.07) is 7.98. The van der Waals surface area contributed by atoms with Gasteiger partial charge in [-0.05, 0) is 24.0 Å². The third-order valence-corrected chi connectivity index (χ3v) is 3.12. The van der Waals surface area contributed by atoms with Gasteiger partial charge in [-0.25, -0.2) is 4.79 Å². The van der Waals surface area contributed by atoms with Crippen LogP contribution in [-0.4, -0.2) is 17.6 Å². The lowest BCUT2D eigenvalue weighted by molar-refractivity contribution is 0.240. The van der Waals surface area contributed by atoms with Crippen molar-refractivity contribution in [2.75, 3.05) is 6.54 Å². The fourth-order valence-corrected chi connectivity index (χ4v) is 1.99. The lowest BCUT2D eigenvalue weighted by Crippen LogP contribution is -2.35. The lowest BCUT2D eigenvalue weighted by atomic mass is 10.1. The van der Waals surface area contributed by atoms with Crippen LogP contribution in [0.5, 0.6) is 0 Å². The van der Waals surface area contributed by atoms with Crippen LogP contribution in [0.4, 0.5) is 4.79 Å². The van der Waals surface area contributed by atoms with Gasteiger partial charge < -0.3 is 15.6 Å². The van der Waals surface area contributed by atoms with Crippen LogP contribution < -0.4 is 10.6 Å². The number of fused-ring (bicyclic) bond motifs is 1. The van der Waals surface area contributed by atoms with Crippen molar-refractivity contribution >= 4 is 16.9 Å². The van der Waals surface area contributed by atoms with Crippen molar-refractivity contribution in [2.24, 2.45) is 5.92 Å². The van der Waals surface area contributed by atoms with E-state index in [1.165, 1.54) is 0 Å². The Morgan fingerprint density at radius 3 is 2.84 bits per heavy atom. The highest BCUT2D eigenvalue weighted by Gasteiger charge is 2.05. The van der Waals surface area contributed by atoms with E-state index in [2.05, 4.69) is 35.5 Å². The molecule has 0 bridgehead atoms. The zero-order valence-electron chi connectivity index (χ0n) is 11.5. The number of rotatable bonds is 5. The monoisotopic (exact) mass is 259 g/mol. The largest absolute Gasteiger partial charge is 0.361 e. The number of carbonyl (C=O) groups excluding carboxylic acids is 1. The van der Waals surface area contributed by atoms with Gasteiger partial charge in [-0.1, -0.05) is 32.0 Å². The smallest absolute Gasteiger partial charge is 0.315 e. The molecule has 2 aromatic rings. The van der Waals surface area contributed by atoms with E-state index in [-0.39, 0.29) is 6.03 Å². The van der Waals surface area contributed by atoms with Gasteiger partial charge in [0.05, 0.1) is 0 Å². The third kappa shape index (κ3) is 3.74. The number of hydrogen-bond donors (Lipinski definition) is 3. The first-order valence-electron chi connectivity index (χ1n) is 6.73. The highest BCUT2D eigenvalue weighted by Crippen LogP contribution is 2.17. The summed E-state index contributed by atoms with van der Waals surface area (Å²) in [6.45, 7) is 5.55. The molecule has 0 radical (unpaired) electrons. The summed E-state index contributed by atoms with van der Waals surface area (Å²) in [4.78, 5) is 14.8. The molecule has 0 saturated heterocycles. The SMILES string of the molecule is CC(C)CCNC(=O)NCc1c[nH]c2ccccc12. The Labute approximate surface area is 113 Å². The minimum atomic E-state index is -0.106. The summed E-state index contributed by atoms with van der Waals surface area (Å²) in [7, 11) is 0. The minimum Gasteiger partial charge on any atom is -0.361 e. The number of amides is 2. The molecular formula is C15H21N3O. The number of nitrogens with one attached hydrogen (secondary N) is 3. The van der Waals surface area contributed by atoms with Gasteiger partial charge >= 0.3 is 6.03 Å². The van der Waals surface area contributed by atoms with Gasteiger partial charge in [-0.15, -0.1) is 0 Å². The van der Waals surface area contributed by atoms with Crippen LogP contribution in [0.1, 0.15) is 25.8 Å². The van der Waals surface area contributed by atoms with E-state index in [9.17, 15) is 4.79 Å². The van der Waals surface area contributed by atoms with Crippen molar-refractivity contribution in [3.63, 3.8) is 0 Å². The molecule has 0 fully saturated rings. The van der Waals surface area contributed by atoms with Crippen LogP contribution in [0.15, 0.2) is 30.5 Å². The van der Waals surface area contributed by atoms with Gasteiger partial charge in [0.2, 0.25) is 0 Å². The fraction of sp³-hybridized carbons (Fsp3) is 0.400. The number of hydrogen-bond acceptors (Lipinski definition) is 1. The van der Waals surface area contributed by atoms with Crippen molar-refractivity contribution in [3.05, 3.63) is 36.0 Å². The summed E-state index contributed by atoms with van der Waals surface area (Å²) in [5, 5.41) is 6.90. The quantitative estimate of drug-likeness (QED) is 0.759. The van der Waals surface area contributed by atoms with Crippen molar-refractivity contribution in [3.8, 4) is 0 Å². The van der Waals surface area contributed by atoms with E-state index in [1.54, 1.807) is 0 Å². The summed E-state index contributed by atoms with van der Waals surface area (Å²) >= 11 is 0. The predicted octanol–water partition coefficient (Wildman–Crippen LogP) is 3.01. The molecule has 0 unspecified atom stereocenters. The fourth-order valence-electron chi connectivity index (χ4n) is 1.99. The Balaban J connectivity index is 1.83. The number of para-hydroxylation sites is 1. The third-order valence-electron chi connectivity index (χ3n) is 3.12. The van der Waals surface area contributed by atoms with Gasteiger partial charge in [-0.2, -0.15) is 0 Å². The number of benzene rings is 1. The van der Waals surface area contributed by atoms with Gasteiger partial charge in [0, 0.05) is 30.2 Å². The molecule has 0 aliphatic rings. The summed E-state index contributed by atoms with van der Waals surface area (Å²) in [5.74, 6) is 0.605. The van der Waals surface area contributed by atoms with E-state index in [1.807, 2.05) is 24.4 Å². The van der Waals surface area contributed by atoms with Gasteiger partial charge in [-0.3, -0.25) is 0 Å². The highest BCUT2D eigenvalue weighted by atomic mass is 16.2. The molecule has 3 N–H and O–H groups in total. The van der Waals surface area contributed by atoms with Crippen LogP contribution in [-0.2, 0) is 6.54 Å². The second-order valence-electron chi connectivity index (χ2n) is 5.15. The molecule has 4 heteroatoms. The first-order chi connectivity index (χ1) is 9.16. The Morgan fingerprint density at radius 2 is 2.05 bits per heavy atom. The molecule has 0 atom stereocenters. The summed E-state index contributed by atoms with van der Waals surface area (Å²) < 4.78 is 0. The van der Waals surface area contributed by atoms with Crippen LogP contribution >= 0.6 is 0 Å². The van der Waals surface area contributed by atoms with Crippen molar-refractivity contribution < 1.29 is 4.79 Å². The number of H-pyrrole nitrogens is 1. The maximum Gasteiger partial charge on any atom is 0.315 e. The Bertz CT molecular complexity index is 545. The minimum absolute atomic E-state index is 0.106. The molecular weight excluding hydrogens is 238 g/mol. The van der Waals surface area contributed by atoms with Gasteiger partial charge in [0.15, 0.2) is 0 Å². The highest BCUT2D eigenvalue weighted by molar-refractivity contribution is 5.83. The molecule has 0 aliphatic heterocycles. The Kier molecular flexibility index (Phi) is 4.44. The van der Waals surface area contributed by atoms with E-state index < -0.39 is 0 Å². The maximum atomic E-state index is 11.6. The Morgan fingerprint density at radius 1 is 1.26 bits per heavy atom. The molecule has 1 aromatic carbocycles. The van der Waals surface area contributed by atoms with E-state index >= 15 is 0 Å². The molecule has 0 aliphatic carbocycles. The van der Waals surface area contributed by atoms with Crippen molar-refractivity contribution in [2.45, 2.75) is 26.8 Å². The van der Waals surface area contributed by atoms with Crippen molar-refractivity contribution in [1.29, 1.82) is 0 Å². The first kappa shape index (κ1) is 13.5. The molecule has 2 rings (SSSR count). The summed E-state index contributed by atoms with van der Waals surface area (Å²) in [6.07, 6.45) is 2.94. The standard InChI is InChI=1S/C15H21N3O/c1-11(2)7-8-16-15(19)18-10-12-9-17-14-6-4-3-5-13(12)14/h3-6,9,11,17H,7-8,10H2,1-2H3,(H2,16,18,19). The van der Waals surface area contributed by atoms with E-state index in [0.717, 1.165) is 29.4 Å². The number of aromatic nitrogens is 1. The zero-order valence-corrected chi connectivity index (χ0v) is 11.5. The predicted molar refractivity (Wildman–Crippen MR) is 78.0 cm³/mol. The topological polar surface area (TPSA) is 56.9 Å². The molecule has 102 valence electrons. The van der Waals surface area contributed by atoms with Gasteiger partial charge in [0.1, 0.15) is 0 Å². The van der Waals surface area contributed by atoms with Gasteiger partial charge in [0.25, 0.3) is 0 Å². The maximum absolute atomic E-state index is 11.6. The summed E-state index contributed by atoms with van der Waals surface area (Å²) in [5.41, 5.74) is 2.20. The zero-order chi connectivity index (χ0) is 13.7. The van der Waals surface area contributed by atoms with E-state index in [0.29, 0.717) is 12.5 Å². The normalized spacial score (nSPS) is 10.9. The molecule has 2 amide bonds. The van der Waals surface area contributed by atoms with Crippen LogP contribution in [0.2, 0.25) is 0 Å². The number of carbonyl (C=O) groups is 1. The molecule has 0 saturated carbocycles. The first-order valence-corrected chi connectivity index (χ1v) is 6.73. The molecule has 4 nitrogen and oxygen atoms in total. The molecule has 1 heterocycles. The van der Waals surface area contributed by atoms with Crippen LogP contribution in [0.25, 0.3) is 10.9 Å². The molecule has 19 heavy (non-hydrogen) atoms. The average molecular weight is 259 g/mol. The lowest BCUT2D eigenvalue weighted by Gasteiger charge is -2.08. The van der Waals surface area contributed by atoms with E-state index in [4.69, 9.17) is 0 Å². The number of aromatic amines is 1. The molecule has 1 aromatic heterocycles. The van der Waals surface area contributed by atoms with Crippen molar-refractivity contribution in [1.82, 2.24) is 15.6 Å². The number of urea groups is 1. The van der Waals surface area contributed by atoms with Crippen LogP contribution in [0, 0.1) is 5.92 Å². The second kappa shape index (κ2) is 6.27. The molecule has 0 spiro atoms.